The Morgan fingerprint density at radius 2 is 1.94 bits per heavy atom. The van der Waals surface area contributed by atoms with Crippen molar-refractivity contribution in [3.8, 4) is 0 Å². The molecule has 3 saturated heterocycles. The Bertz CT molecular complexity index is 1090. The molecule has 3 unspecified atom stereocenters. The van der Waals surface area contributed by atoms with Gasteiger partial charge in [0.15, 0.2) is 17.5 Å². The minimum Gasteiger partial charge on any atom is -1.00 e. The number of nitrogens with two attached hydrogens (primary N) is 1. The number of carbonyl (C=O) groups excluding carboxylic acids is 2. The summed E-state index contributed by atoms with van der Waals surface area (Å²) in [7, 11) is 0. The Balaban J connectivity index is 0.00000304. The van der Waals surface area contributed by atoms with Gasteiger partial charge in [0.1, 0.15) is 6.54 Å². The summed E-state index contributed by atoms with van der Waals surface area (Å²) in [6.07, 6.45) is 3.02. The number of esters is 1. The molecule has 1 saturated carbocycles. The molecule has 4 aliphatic rings. The van der Waals surface area contributed by atoms with Crippen LogP contribution in [0.2, 0.25) is 0 Å². The Morgan fingerprint density at radius 3 is 2.50 bits per heavy atom. The number of thiophene rings is 1. The molecule has 36 heavy (non-hydrogen) atoms. The molecule has 4 fully saturated rings. The number of hydrogen-bond donors (Lipinski definition) is 2. The predicted octanol–water partition coefficient (Wildman–Crippen LogP) is -0.456. The van der Waals surface area contributed by atoms with Crippen LogP contribution in [0.15, 0.2) is 35.3 Å². The SMILES string of the molecule is NC(=O)C(c1ncccn1)[N+]12CCC(CC1)[C@@H](OC(=O)C(O)(c1ccsc1)C1CCC(F)(F)C1)C2.[Br-]. The molecule has 6 rings (SSSR count). The van der Waals surface area contributed by atoms with Crippen LogP contribution in [0.4, 0.5) is 8.78 Å². The Morgan fingerprint density at radius 1 is 1.25 bits per heavy atom. The lowest BCUT2D eigenvalue weighted by Gasteiger charge is -2.54. The van der Waals surface area contributed by atoms with E-state index < -0.39 is 47.9 Å². The first-order valence-electron chi connectivity index (χ1n) is 11.9. The molecule has 3 N–H and O–H groups in total. The lowest BCUT2D eigenvalue weighted by atomic mass is 9.79. The van der Waals surface area contributed by atoms with Gasteiger partial charge in [-0.1, -0.05) is 0 Å². The van der Waals surface area contributed by atoms with Crippen LogP contribution in [0.25, 0.3) is 0 Å². The summed E-state index contributed by atoms with van der Waals surface area (Å²) < 4.78 is 34.4. The quantitative estimate of drug-likeness (QED) is 0.335. The Kier molecular flexibility index (Phi) is 7.53. The number of ether oxygens (including phenoxy) is 1. The monoisotopic (exact) mass is 586 g/mol. The number of halogens is 3. The van der Waals surface area contributed by atoms with Crippen molar-refractivity contribution in [2.75, 3.05) is 19.6 Å². The molecule has 4 atom stereocenters. The molecule has 8 nitrogen and oxygen atoms in total. The summed E-state index contributed by atoms with van der Waals surface area (Å²) >= 11 is 1.28. The van der Waals surface area contributed by atoms with Crippen molar-refractivity contribution in [2.24, 2.45) is 17.6 Å². The zero-order chi connectivity index (χ0) is 24.8. The topological polar surface area (TPSA) is 115 Å². The van der Waals surface area contributed by atoms with Crippen LogP contribution in [-0.4, -0.2) is 63.1 Å². The van der Waals surface area contributed by atoms with Crippen molar-refractivity contribution < 1.29 is 49.7 Å². The van der Waals surface area contributed by atoms with Crippen molar-refractivity contribution in [2.45, 2.75) is 55.8 Å². The van der Waals surface area contributed by atoms with E-state index in [1.165, 1.54) is 11.3 Å². The number of alkyl halides is 2. The van der Waals surface area contributed by atoms with Gasteiger partial charge in [-0.25, -0.2) is 23.5 Å². The van der Waals surface area contributed by atoms with E-state index in [4.69, 9.17) is 10.5 Å². The average Bonchev–Trinajstić information content (AvgIpc) is 3.50. The number of amides is 1. The molecule has 2 bridgehead atoms. The number of piperidine rings is 3. The van der Waals surface area contributed by atoms with Gasteiger partial charge >= 0.3 is 5.97 Å². The molecule has 2 aromatic heterocycles. The van der Waals surface area contributed by atoms with E-state index in [9.17, 15) is 23.5 Å². The van der Waals surface area contributed by atoms with Crippen LogP contribution in [0.3, 0.4) is 0 Å². The van der Waals surface area contributed by atoms with Gasteiger partial charge in [-0.15, -0.1) is 0 Å². The van der Waals surface area contributed by atoms with Gasteiger partial charge < -0.3 is 37.0 Å². The van der Waals surface area contributed by atoms with Gasteiger partial charge in [0.2, 0.25) is 12.0 Å². The maximum Gasteiger partial charge on any atom is 0.343 e. The van der Waals surface area contributed by atoms with Crippen LogP contribution >= 0.6 is 11.3 Å². The summed E-state index contributed by atoms with van der Waals surface area (Å²) in [5.74, 6) is -4.94. The molecule has 0 aromatic carbocycles. The van der Waals surface area contributed by atoms with E-state index in [0.29, 0.717) is 38.3 Å². The number of primary amides is 1. The van der Waals surface area contributed by atoms with Crippen molar-refractivity contribution in [3.05, 3.63) is 46.7 Å². The fourth-order valence-corrected chi connectivity index (χ4v) is 7.00. The standard InChI is InChI=1S/C24H28F2N4O4S.BrH/c25-23(26)6-2-16(12-23)24(33,17-5-11-35-14-17)22(32)34-18-13-30(9-3-15(18)4-10-30)19(20(27)31)21-28-7-1-8-29-21;/h1,5,7-8,11,14-16,18-19,33H,2-4,6,9-10,12-13H2,(H-,27,31);1H/t15?,16?,18-,19?,24?,30?;/m0./s1. The average molecular weight is 587 g/mol. The molecule has 196 valence electrons. The first-order valence-corrected chi connectivity index (χ1v) is 12.8. The zero-order valence-electron chi connectivity index (χ0n) is 19.6. The van der Waals surface area contributed by atoms with E-state index in [0.717, 1.165) is 0 Å². The van der Waals surface area contributed by atoms with Crippen LogP contribution in [0, 0.1) is 11.8 Å². The Labute approximate surface area is 222 Å². The summed E-state index contributed by atoms with van der Waals surface area (Å²) in [5.41, 5.74) is 3.95. The number of quaternary nitrogens is 1. The maximum absolute atomic E-state index is 14.1. The van der Waals surface area contributed by atoms with Gasteiger partial charge in [0.05, 0.1) is 13.1 Å². The zero-order valence-corrected chi connectivity index (χ0v) is 22.0. The second-order valence-corrected chi connectivity index (χ2v) is 10.9. The number of aromatic nitrogens is 2. The minimum absolute atomic E-state index is 0. The van der Waals surface area contributed by atoms with Crippen molar-refractivity contribution in [1.82, 2.24) is 9.97 Å². The number of carbonyl (C=O) groups is 2. The van der Waals surface area contributed by atoms with Gasteiger partial charge in [-0.05, 0) is 29.3 Å². The number of rotatable bonds is 7. The van der Waals surface area contributed by atoms with Gasteiger partial charge in [0, 0.05) is 55.5 Å². The van der Waals surface area contributed by atoms with E-state index in [-0.39, 0.29) is 45.8 Å². The second-order valence-electron chi connectivity index (χ2n) is 10.1. The summed E-state index contributed by atoms with van der Waals surface area (Å²) in [5, 5.41) is 14.9. The normalized spacial score (nSPS) is 31.1. The van der Waals surface area contributed by atoms with E-state index in [1.54, 1.807) is 35.3 Å². The maximum atomic E-state index is 14.1. The van der Waals surface area contributed by atoms with Crippen molar-refractivity contribution in [3.63, 3.8) is 0 Å². The third kappa shape index (κ3) is 4.68. The minimum atomic E-state index is -2.93. The molecule has 0 spiro atoms. The number of aliphatic hydroxyl groups is 1. The van der Waals surface area contributed by atoms with E-state index in [2.05, 4.69) is 9.97 Å². The largest absolute Gasteiger partial charge is 1.00 e. The Hall–Kier alpha value is -2.02. The van der Waals surface area contributed by atoms with E-state index >= 15 is 0 Å². The van der Waals surface area contributed by atoms with Crippen LogP contribution in [0.5, 0.6) is 0 Å². The third-order valence-corrected chi connectivity index (χ3v) is 8.82. The number of fused-ring (bicyclic) bond motifs is 3. The first-order chi connectivity index (χ1) is 16.6. The van der Waals surface area contributed by atoms with Gasteiger partial charge in [0.25, 0.3) is 5.91 Å². The molecular formula is C24H29BrF2N4O4S. The molecular weight excluding hydrogens is 558 g/mol. The predicted molar refractivity (Wildman–Crippen MR) is 122 cm³/mol. The van der Waals surface area contributed by atoms with Crippen molar-refractivity contribution in [1.29, 1.82) is 0 Å². The molecule has 0 radical (unpaired) electrons. The lowest BCUT2D eigenvalue weighted by Crippen LogP contribution is -3.00. The van der Waals surface area contributed by atoms with E-state index in [1.807, 2.05) is 0 Å². The van der Waals surface area contributed by atoms with Crippen LogP contribution in [-0.2, 0) is 19.9 Å². The second kappa shape index (κ2) is 10.0. The highest BCUT2D eigenvalue weighted by Gasteiger charge is 2.58. The highest BCUT2D eigenvalue weighted by atomic mass is 79.9. The van der Waals surface area contributed by atoms with Gasteiger partial charge in [-0.3, -0.25) is 4.79 Å². The summed E-state index contributed by atoms with van der Waals surface area (Å²) in [6, 6.07) is 2.46. The number of nitrogens with zero attached hydrogens (tertiary/aromatic N) is 3. The lowest BCUT2D eigenvalue weighted by molar-refractivity contribution is -0.965. The molecule has 1 aliphatic carbocycles. The highest BCUT2D eigenvalue weighted by molar-refractivity contribution is 7.08. The summed E-state index contributed by atoms with van der Waals surface area (Å²) in [6.45, 7) is 1.64. The van der Waals surface area contributed by atoms with Crippen LogP contribution < -0.4 is 22.7 Å². The smallest absolute Gasteiger partial charge is 0.343 e. The molecule has 2 aromatic rings. The highest BCUT2D eigenvalue weighted by Crippen LogP contribution is 2.49. The van der Waals surface area contributed by atoms with Crippen molar-refractivity contribution >= 4 is 23.2 Å². The first kappa shape index (κ1) is 27.0. The molecule has 12 heteroatoms. The molecule has 5 heterocycles. The summed E-state index contributed by atoms with van der Waals surface area (Å²) in [4.78, 5) is 34.6. The van der Waals surface area contributed by atoms with Gasteiger partial charge in [-0.2, -0.15) is 11.3 Å². The fraction of sp³-hybridized carbons (Fsp3) is 0.583. The fourth-order valence-electron chi connectivity index (χ4n) is 6.29. The molecule has 3 aliphatic heterocycles. The number of hydrogen-bond acceptors (Lipinski definition) is 7. The third-order valence-electron chi connectivity index (χ3n) is 8.13. The molecule has 1 amide bonds. The van der Waals surface area contributed by atoms with Crippen LogP contribution in [0.1, 0.15) is 49.5 Å².